The van der Waals surface area contributed by atoms with Crippen molar-refractivity contribution in [3.05, 3.63) is 28.2 Å². The van der Waals surface area contributed by atoms with E-state index >= 15 is 0 Å². The molecule has 0 spiro atoms. The number of rotatable bonds is 8. The first-order chi connectivity index (χ1) is 18.7. The van der Waals surface area contributed by atoms with Crippen molar-refractivity contribution in [3.63, 3.8) is 0 Å². The Morgan fingerprint density at radius 3 is 2.60 bits per heavy atom. The number of thiazole rings is 1. The SMILES string of the molecule is CC(C)[C@@H]1NC(=O)C(C)(C)NC(=O)c2csc(n2)CNC(=O)C[C@@H](/C=C/CCSC(=O)[C@@H](NCl)C(C)C)OC1=O. The van der Waals surface area contributed by atoms with Crippen molar-refractivity contribution in [3.8, 4) is 0 Å². The number of cyclic esters (lactones) is 1. The van der Waals surface area contributed by atoms with Gasteiger partial charge in [0.05, 0.1) is 19.0 Å². The number of aromatic nitrogens is 1. The van der Waals surface area contributed by atoms with E-state index in [9.17, 15) is 24.0 Å². The maximum absolute atomic E-state index is 13.2. The molecule has 1 aromatic rings. The topological polar surface area (TPSA) is 156 Å². The third-order valence-electron chi connectivity index (χ3n) is 5.99. The van der Waals surface area contributed by atoms with E-state index in [2.05, 4.69) is 25.8 Å². The van der Waals surface area contributed by atoms with Gasteiger partial charge >= 0.3 is 5.97 Å². The molecule has 11 nitrogen and oxygen atoms in total. The monoisotopic (exact) mass is 615 g/mol. The zero-order valence-corrected chi connectivity index (χ0v) is 25.9. The van der Waals surface area contributed by atoms with Crippen LogP contribution in [0, 0.1) is 11.8 Å². The van der Waals surface area contributed by atoms with Crippen LogP contribution < -0.4 is 20.8 Å². The van der Waals surface area contributed by atoms with Crippen LogP contribution in [0.1, 0.15) is 69.9 Å². The molecule has 3 atom stereocenters. The van der Waals surface area contributed by atoms with Gasteiger partial charge in [-0.1, -0.05) is 45.5 Å². The molecular weight excluding hydrogens is 578 g/mol. The molecule has 222 valence electrons. The van der Waals surface area contributed by atoms with E-state index in [0.717, 1.165) is 11.8 Å². The Labute approximate surface area is 248 Å². The van der Waals surface area contributed by atoms with E-state index in [1.807, 2.05) is 13.8 Å². The van der Waals surface area contributed by atoms with Crippen molar-refractivity contribution >= 4 is 63.7 Å². The minimum Gasteiger partial charge on any atom is -0.456 e. The largest absolute Gasteiger partial charge is 0.456 e. The van der Waals surface area contributed by atoms with Gasteiger partial charge in [0.15, 0.2) is 0 Å². The molecule has 14 heteroatoms. The maximum Gasteiger partial charge on any atom is 0.329 e. The fourth-order valence-corrected chi connectivity index (χ4v) is 5.62. The predicted octanol–water partition coefficient (Wildman–Crippen LogP) is 2.70. The Hall–Kier alpha value is -2.48. The third kappa shape index (κ3) is 10.2. The Bertz CT molecular complexity index is 1110. The van der Waals surface area contributed by atoms with Crippen LogP contribution in [-0.2, 0) is 30.5 Å². The van der Waals surface area contributed by atoms with Gasteiger partial charge in [0.1, 0.15) is 28.4 Å². The number of fused-ring (bicyclic) bond motifs is 2. The second kappa shape index (κ2) is 15.5. The highest BCUT2D eigenvalue weighted by molar-refractivity contribution is 8.13. The molecule has 0 unspecified atom stereocenters. The van der Waals surface area contributed by atoms with Crippen molar-refractivity contribution in [2.45, 2.75) is 84.7 Å². The van der Waals surface area contributed by atoms with Gasteiger partial charge < -0.3 is 20.7 Å². The van der Waals surface area contributed by atoms with Crippen LogP contribution >= 0.6 is 34.9 Å². The quantitative estimate of drug-likeness (QED) is 0.149. The van der Waals surface area contributed by atoms with E-state index in [1.54, 1.807) is 31.4 Å². The van der Waals surface area contributed by atoms with E-state index < -0.39 is 41.5 Å². The summed E-state index contributed by atoms with van der Waals surface area (Å²) >= 11 is 8.02. The van der Waals surface area contributed by atoms with Crippen LogP contribution in [0.4, 0.5) is 0 Å². The number of allylic oxidation sites excluding steroid dienone is 1. The summed E-state index contributed by atoms with van der Waals surface area (Å²) in [7, 11) is 0. The van der Waals surface area contributed by atoms with E-state index in [0.29, 0.717) is 17.2 Å². The van der Waals surface area contributed by atoms with Crippen LogP contribution in [0.15, 0.2) is 17.5 Å². The van der Waals surface area contributed by atoms with Crippen molar-refractivity contribution in [1.29, 1.82) is 0 Å². The summed E-state index contributed by atoms with van der Waals surface area (Å²) in [6.45, 7) is 10.4. The molecule has 2 rings (SSSR count). The first-order valence-corrected chi connectivity index (χ1v) is 15.2. The average Bonchev–Trinajstić information content (AvgIpc) is 3.34. The van der Waals surface area contributed by atoms with Crippen molar-refractivity contribution in [1.82, 2.24) is 25.8 Å². The summed E-state index contributed by atoms with van der Waals surface area (Å²) in [6.07, 6.45) is 2.77. The molecule has 0 saturated heterocycles. The van der Waals surface area contributed by atoms with Gasteiger partial charge in [-0.2, -0.15) is 0 Å². The van der Waals surface area contributed by atoms with E-state index in [4.69, 9.17) is 16.5 Å². The highest BCUT2D eigenvalue weighted by atomic mass is 35.5. The normalized spacial score (nSPS) is 21.6. The molecule has 4 N–H and O–H groups in total. The number of halogens is 1. The summed E-state index contributed by atoms with van der Waals surface area (Å²) in [4.78, 5) is 70.7. The molecule has 1 aliphatic heterocycles. The average molecular weight is 616 g/mol. The number of hydrogen-bond donors (Lipinski definition) is 4. The number of carbonyl (C=O) groups is 5. The summed E-state index contributed by atoms with van der Waals surface area (Å²) in [5.74, 6) is -2.04. The zero-order valence-electron chi connectivity index (χ0n) is 23.5. The Kier molecular flexibility index (Phi) is 13.1. The van der Waals surface area contributed by atoms with Crippen LogP contribution in [0.2, 0.25) is 0 Å². The number of nitrogens with one attached hydrogen (secondary N) is 4. The molecule has 2 heterocycles. The molecule has 1 aliphatic rings. The molecule has 0 fully saturated rings. The number of amides is 3. The predicted molar refractivity (Wildman–Crippen MR) is 156 cm³/mol. The first-order valence-electron chi connectivity index (χ1n) is 13.0. The van der Waals surface area contributed by atoms with E-state index in [1.165, 1.54) is 25.2 Å². The minimum atomic E-state index is -1.35. The van der Waals surface area contributed by atoms with Crippen molar-refractivity contribution in [2.75, 3.05) is 5.75 Å². The number of thioether (sulfide) groups is 1. The van der Waals surface area contributed by atoms with Gasteiger partial charge in [0.2, 0.25) is 16.9 Å². The van der Waals surface area contributed by atoms with Gasteiger partial charge in [0, 0.05) is 11.1 Å². The second-order valence-electron chi connectivity index (χ2n) is 10.6. The zero-order chi connectivity index (χ0) is 30.0. The first kappa shape index (κ1) is 33.7. The molecule has 0 radical (unpaired) electrons. The van der Waals surface area contributed by atoms with Crippen LogP contribution in [0.3, 0.4) is 0 Å². The highest BCUT2D eigenvalue weighted by Crippen LogP contribution is 2.17. The van der Waals surface area contributed by atoms with Gasteiger partial charge in [-0.15, -0.1) is 11.3 Å². The molecule has 40 heavy (non-hydrogen) atoms. The Morgan fingerprint density at radius 1 is 1.27 bits per heavy atom. The fraction of sp³-hybridized carbons (Fsp3) is 0.615. The molecule has 3 amide bonds. The fourth-order valence-electron chi connectivity index (χ4n) is 3.53. The molecule has 0 aliphatic carbocycles. The summed E-state index contributed by atoms with van der Waals surface area (Å²) in [5.41, 5.74) is -1.22. The number of hydrogen-bond acceptors (Lipinski definition) is 10. The number of ether oxygens (including phenoxy) is 1. The molecule has 2 bridgehead atoms. The lowest BCUT2D eigenvalue weighted by Crippen LogP contribution is -2.59. The van der Waals surface area contributed by atoms with Gasteiger partial charge in [-0.25, -0.2) is 14.6 Å². The highest BCUT2D eigenvalue weighted by Gasteiger charge is 2.36. The lowest BCUT2D eigenvalue weighted by Gasteiger charge is -2.29. The molecular formula is C26H38ClN5O6S2. The third-order valence-corrected chi connectivity index (χ3v) is 8.06. The molecule has 0 aromatic carbocycles. The number of nitrogens with zero attached hydrogens (tertiary/aromatic N) is 1. The van der Waals surface area contributed by atoms with Crippen LogP contribution in [0.5, 0.6) is 0 Å². The Morgan fingerprint density at radius 2 is 1.98 bits per heavy atom. The van der Waals surface area contributed by atoms with Gasteiger partial charge in [-0.05, 0) is 50.0 Å². The number of esters is 1. The summed E-state index contributed by atoms with van der Waals surface area (Å²) < 4.78 is 5.67. The van der Waals surface area contributed by atoms with Crippen LogP contribution in [0.25, 0.3) is 0 Å². The smallest absolute Gasteiger partial charge is 0.329 e. The lowest BCUT2D eigenvalue weighted by atomic mass is 9.99. The maximum atomic E-state index is 13.2. The van der Waals surface area contributed by atoms with E-state index in [-0.39, 0.29) is 41.5 Å². The summed E-state index contributed by atoms with van der Waals surface area (Å²) in [5, 5.41) is 10.0. The van der Waals surface area contributed by atoms with Crippen LogP contribution in [-0.4, -0.2) is 63.3 Å². The van der Waals surface area contributed by atoms with Crippen molar-refractivity contribution in [2.24, 2.45) is 11.8 Å². The molecule has 1 aromatic heterocycles. The molecule has 0 saturated carbocycles. The second-order valence-corrected chi connectivity index (χ2v) is 12.8. The standard InChI is InChI=1S/C26H38ClN5O6S2/c1-14(2)20-23(35)38-16(9-7-8-10-39-24(36)21(32-27)15(3)4)11-18(33)28-12-19-29-17(13-40-19)22(34)31-26(5,6)25(37)30-20/h7,9,13-16,20-21,32H,8,10-12H2,1-6H3,(H,28,33)(H,30,37)(H,31,34)/b9-7+/t16-,20+,21+/m1/s1. The van der Waals surface area contributed by atoms with Gasteiger partial charge in [0.25, 0.3) is 5.91 Å². The minimum absolute atomic E-state index is 0.0385. The number of carbonyl (C=O) groups excluding carboxylic acids is 5. The summed E-state index contributed by atoms with van der Waals surface area (Å²) in [6, 6.07) is -1.49. The lowest BCUT2D eigenvalue weighted by molar-refractivity contribution is -0.153. The Balaban J connectivity index is 2.21. The van der Waals surface area contributed by atoms with Gasteiger partial charge in [-0.3, -0.25) is 19.2 Å². The van der Waals surface area contributed by atoms with Crippen molar-refractivity contribution < 1.29 is 28.7 Å².